The van der Waals surface area contributed by atoms with E-state index in [1.807, 2.05) is 25.1 Å². The molecule has 1 saturated heterocycles. The van der Waals surface area contributed by atoms with E-state index in [1.54, 1.807) is 14.2 Å². The van der Waals surface area contributed by atoms with E-state index in [0.717, 1.165) is 50.0 Å². The first-order valence-electron chi connectivity index (χ1n) is 10.5. The lowest BCUT2D eigenvalue weighted by Crippen LogP contribution is -2.52. The standard InChI is InChI=1S/C21H34F3N5O2/c1-5-25-20(26-8-9-27(2)16-21(22,23)24)29-12-10-28(11-13-29)15-17-6-7-18(30-3)19(14-17)31-4/h6-7,14H,5,8-13,15-16H2,1-4H3,(H,25,26). The summed E-state index contributed by atoms with van der Waals surface area (Å²) >= 11 is 0. The molecule has 1 N–H and O–H groups in total. The minimum Gasteiger partial charge on any atom is -0.493 e. The average molecular weight is 446 g/mol. The topological polar surface area (TPSA) is 52.6 Å². The molecule has 2 rings (SSSR count). The highest BCUT2D eigenvalue weighted by Gasteiger charge is 2.29. The molecule has 0 saturated carbocycles. The number of aliphatic imine (C=N–C) groups is 1. The highest BCUT2D eigenvalue weighted by Crippen LogP contribution is 2.28. The Hall–Kier alpha value is -2.20. The van der Waals surface area contributed by atoms with E-state index in [9.17, 15) is 13.2 Å². The summed E-state index contributed by atoms with van der Waals surface area (Å²) in [5.74, 6) is 2.19. The molecule has 10 heteroatoms. The van der Waals surface area contributed by atoms with Crippen LogP contribution in [0.2, 0.25) is 0 Å². The van der Waals surface area contributed by atoms with Gasteiger partial charge in [-0.05, 0) is 31.7 Å². The van der Waals surface area contributed by atoms with Gasteiger partial charge in [0.15, 0.2) is 17.5 Å². The number of guanidine groups is 1. The maximum Gasteiger partial charge on any atom is 0.401 e. The number of benzene rings is 1. The van der Waals surface area contributed by atoms with Gasteiger partial charge >= 0.3 is 6.18 Å². The quantitative estimate of drug-likeness (QED) is 0.465. The number of piperazine rings is 1. The number of rotatable bonds is 9. The van der Waals surface area contributed by atoms with E-state index < -0.39 is 12.7 Å². The monoisotopic (exact) mass is 445 g/mol. The van der Waals surface area contributed by atoms with Crippen LogP contribution in [0.15, 0.2) is 23.2 Å². The van der Waals surface area contributed by atoms with Gasteiger partial charge in [-0.3, -0.25) is 14.8 Å². The summed E-state index contributed by atoms with van der Waals surface area (Å²) in [6.45, 7) is 6.50. The lowest BCUT2D eigenvalue weighted by atomic mass is 10.1. The number of ether oxygens (including phenoxy) is 2. The van der Waals surface area contributed by atoms with Gasteiger partial charge < -0.3 is 19.7 Å². The summed E-state index contributed by atoms with van der Waals surface area (Å²) in [5, 5.41) is 3.25. The molecular weight excluding hydrogens is 411 g/mol. The van der Waals surface area contributed by atoms with Crippen molar-refractivity contribution < 1.29 is 22.6 Å². The van der Waals surface area contributed by atoms with Gasteiger partial charge in [-0.1, -0.05) is 6.07 Å². The van der Waals surface area contributed by atoms with Crippen molar-refractivity contribution in [3.05, 3.63) is 23.8 Å². The SMILES string of the molecule is CCNC(=NCCN(C)CC(F)(F)F)N1CCN(Cc2ccc(OC)c(OC)c2)CC1. The van der Waals surface area contributed by atoms with Crippen LogP contribution in [-0.2, 0) is 6.54 Å². The summed E-state index contributed by atoms with van der Waals surface area (Å²) in [7, 11) is 4.71. The molecule has 0 radical (unpaired) electrons. The van der Waals surface area contributed by atoms with Crippen molar-refractivity contribution in [1.82, 2.24) is 20.0 Å². The van der Waals surface area contributed by atoms with Crippen LogP contribution in [0.3, 0.4) is 0 Å². The Morgan fingerprint density at radius 1 is 1.13 bits per heavy atom. The fourth-order valence-corrected chi connectivity index (χ4v) is 3.49. The third kappa shape index (κ3) is 8.45. The first kappa shape index (κ1) is 25.1. The van der Waals surface area contributed by atoms with Gasteiger partial charge in [-0.25, -0.2) is 0 Å². The van der Waals surface area contributed by atoms with E-state index in [1.165, 1.54) is 11.9 Å². The van der Waals surface area contributed by atoms with Crippen molar-refractivity contribution in [1.29, 1.82) is 0 Å². The Labute approximate surface area is 182 Å². The summed E-state index contributed by atoms with van der Waals surface area (Å²) in [6.07, 6.45) is -4.19. The average Bonchev–Trinajstić information content (AvgIpc) is 2.72. The van der Waals surface area contributed by atoms with E-state index in [0.29, 0.717) is 18.8 Å². The zero-order chi connectivity index (χ0) is 22.9. The molecule has 0 atom stereocenters. The van der Waals surface area contributed by atoms with Crippen molar-refractivity contribution in [3.63, 3.8) is 0 Å². The molecule has 0 amide bonds. The summed E-state index contributed by atoms with van der Waals surface area (Å²) in [5.41, 5.74) is 1.15. The van der Waals surface area contributed by atoms with Crippen LogP contribution in [0.25, 0.3) is 0 Å². The largest absolute Gasteiger partial charge is 0.493 e. The number of hydrogen-bond acceptors (Lipinski definition) is 5. The highest BCUT2D eigenvalue weighted by molar-refractivity contribution is 5.80. The molecule has 0 bridgehead atoms. The zero-order valence-corrected chi connectivity index (χ0v) is 18.8. The number of methoxy groups -OCH3 is 2. The molecule has 1 fully saturated rings. The molecule has 176 valence electrons. The predicted molar refractivity (Wildman–Crippen MR) is 116 cm³/mol. The van der Waals surface area contributed by atoms with Crippen LogP contribution in [0.1, 0.15) is 12.5 Å². The Morgan fingerprint density at radius 2 is 1.81 bits per heavy atom. The van der Waals surface area contributed by atoms with E-state index in [4.69, 9.17) is 9.47 Å². The molecule has 1 aliphatic heterocycles. The van der Waals surface area contributed by atoms with Gasteiger partial charge in [0.05, 0.1) is 27.3 Å². The minimum absolute atomic E-state index is 0.258. The van der Waals surface area contributed by atoms with Crippen LogP contribution >= 0.6 is 0 Å². The van der Waals surface area contributed by atoms with E-state index in [-0.39, 0.29) is 6.54 Å². The first-order chi connectivity index (χ1) is 14.8. The minimum atomic E-state index is -4.19. The van der Waals surface area contributed by atoms with Crippen molar-refractivity contribution in [2.45, 2.75) is 19.6 Å². The Kier molecular flexibility index (Phi) is 9.70. The molecule has 7 nitrogen and oxygen atoms in total. The van der Waals surface area contributed by atoms with Gasteiger partial charge in [0.1, 0.15) is 0 Å². The van der Waals surface area contributed by atoms with Crippen LogP contribution < -0.4 is 14.8 Å². The molecule has 1 aromatic rings. The van der Waals surface area contributed by atoms with Crippen molar-refractivity contribution in [2.75, 3.05) is 73.6 Å². The lowest BCUT2D eigenvalue weighted by Gasteiger charge is -2.36. The van der Waals surface area contributed by atoms with Gasteiger partial charge in [0.25, 0.3) is 0 Å². The molecule has 0 aromatic heterocycles. The number of nitrogens with one attached hydrogen (secondary N) is 1. The number of halogens is 3. The molecule has 0 aliphatic carbocycles. The molecule has 0 spiro atoms. The molecule has 1 aliphatic rings. The Bertz CT molecular complexity index is 707. The van der Waals surface area contributed by atoms with Gasteiger partial charge in [0, 0.05) is 45.8 Å². The zero-order valence-electron chi connectivity index (χ0n) is 18.8. The highest BCUT2D eigenvalue weighted by atomic mass is 19.4. The molecule has 31 heavy (non-hydrogen) atoms. The Balaban J connectivity index is 1.87. The summed E-state index contributed by atoms with van der Waals surface area (Å²) < 4.78 is 48.1. The maximum absolute atomic E-state index is 12.5. The first-order valence-corrected chi connectivity index (χ1v) is 10.5. The molecule has 1 heterocycles. The Morgan fingerprint density at radius 3 is 2.39 bits per heavy atom. The van der Waals surface area contributed by atoms with Crippen molar-refractivity contribution in [3.8, 4) is 11.5 Å². The summed E-state index contributed by atoms with van der Waals surface area (Å²) in [4.78, 5) is 10.3. The normalized spacial score (nSPS) is 16.0. The van der Waals surface area contributed by atoms with Gasteiger partial charge in [-0.15, -0.1) is 0 Å². The molecule has 1 aromatic carbocycles. The van der Waals surface area contributed by atoms with Crippen LogP contribution in [0.5, 0.6) is 11.5 Å². The van der Waals surface area contributed by atoms with E-state index in [2.05, 4.69) is 20.1 Å². The van der Waals surface area contributed by atoms with Crippen molar-refractivity contribution >= 4 is 5.96 Å². The number of hydrogen-bond donors (Lipinski definition) is 1. The molecular formula is C21H34F3N5O2. The number of alkyl halides is 3. The second kappa shape index (κ2) is 12.0. The van der Waals surface area contributed by atoms with Gasteiger partial charge in [-0.2, -0.15) is 13.2 Å². The third-order valence-electron chi connectivity index (χ3n) is 5.05. The third-order valence-corrected chi connectivity index (χ3v) is 5.05. The summed E-state index contributed by atoms with van der Waals surface area (Å²) in [6, 6.07) is 5.95. The second-order valence-corrected chi connectivity index (χ2v) is 7.54. The van der Waals surface area contributed by atoms with Crippen molar-refractivity contribution in [2.24, 2.45) is 4.99 Å². The van der Waals surface area contributed by atoms with Crippen LogP contribution in [0.4, 0.5) is 13.2 Å². The van der Waals surface area contributed by atoms with E-state index >= 15 is 0 Å². The fraction of sp³-hybridized carbons (Fsp3) is 0.667. The number of nitrogens with zero attached hydrogens (tertiary/aromatic N) is 4. The molecule has 0 unspecified atom stereocenters. The van der Waals surface area contributed by atoms with Gasteiger partial charge in [0.2, 0.25) is 0 Å². The smallest absolute Gasteiger partial charge is 0.401 e. The predicted octanol–water partition coefficient (Wildman–Crippen LogP) is 2.28. The number of likely N-dealkylation sites (N-methyl/N-ethyl adjacent to an activating group) is 1. The second-order valence-electron chi connectivity index (χ2n) is 7.54. The maximum atomic E-state index is 12.5. The van der Waals surface area contributed by atoms with Crippen LogP contribution in [-0.4, -0.2) is 100 Å². The lowest BCUT2D eigenvalue weighted by molar-refractivity contribution is -0.142. The van der Waals surface area contributed by atoms with Crippen LogP contribution in [0, 0.1) is 0 Å². The fourth-order valence-electron chi connectivity index (χ4n) is 3.49.